The van der Waals surface area contributed by atoms with Crippen molar-refractivity contribution in [1.29, 1.82) is 0 Å². The van der Waals surface area contributed by atoms with E-state index in [0.29, 0.717) is 23.8 Å². The number of rotatable bonds is 6. The van der Waals surface area contributed by atoms with E-state index in [1.807, 2.05) is 6.92 Å². The van der Waals surface area contributed by atoms with Gasteiger partial charge in [0.15, 0.2) is 6.29 Å². The molecule has 0 amide bonds. The van der Waals surface area contributed by atoms with Gasteiger partial charge in [0.25, 0.3) is 0 Å². The summed E-state index contributed by atoms with van der Waals surface area (Å²) in [6.07, 6.45) is -0.309. The molecule has 0 bridgehead atoms. The molecule has 0 fully saturated rings. The highest BCUT2D eigenvalue weighted by atomic mass is 16.7. The molecule has 100 valence electrons. The molecule has 0 saturated heterocycles. The third kappa shape index (κ3) is 4.75. The zero-order chi connectivity index (χ0) is 13.5. The smallest absolute Gasteiger partial charge is 0.337 e. The maximum Gasteiger partial charge on any atom is 0.337 e. The fourth-order valence-corrected chi connectivity index (χ4v) is 1.34. The number of hydrogen-bond acceptors (Lipinski definition) is 4. The maximum atomic E-state index is 11.2. The Kier molecular flexibility index (Phi) is 5.65. The fourth-order valence-electron chi connectivity index (χ4n) is 1.34. The maximum absolute atomic E-state index is 11.2. The van der Waals surface area contributed by atoms with Crippen LogP contribution in [0.5, 0.6) is 5.75 Å². The first kappa shape index (κ1) is 14.5. The number of esters is 1. The van der Waals surface area contributed by atoms with Crippen molar-refractivity contribution in [1.82, 2.24) is 0 Å². The van der Waals surface area contributed by atoms with E-state index in [1.54, 1.807) is 24.3 Å². The molecule has 0 spiro atoms. The summed E-state index contributed by atoms with van der Waals surface area (Å²) >= 11 is 0. The average Bonchev–Trinajstić information content (AvgIpc) is 2.36. The second kappa shape index (κ2) is 7.01. The lowest BCUT2D eigenvalue weighted by molar-refractivity contribution is -0.0755. The van der Waals surface area contributed by atoms with Gasteiger partial charge in [-0.25, -0.2) is 4.79 Å². The van der Waals surface area contributed by atoms with Gasteiger partial charge < -0.3 is 14.2 Å². The van der Waals surface area contributed by atoms with Crippen molar-refractivity contribution in [2.24, 2.45) is 5.92 Å². The van der Waals surface area contributed by atoms with Gasteiger partial charge in [0, 0.05) is 0 Å². The molecule has 0 N–H and O–H groups in total. The lowest BCUT2D eigenvalue weighted by atomic mass is 10.2. The van der Waals surface area contributed by atoms with Crippen molar-refractivity contribution in [2.75, 3.05) is 13.7 Å². The second-order valence-corrected chi connectivity index (χ2v) is 4.43. The molecule has 0 radical (unpaired) electrons. The van der Waals surface area contributed by atoms with Crippen LogP contribution >= 0.6 is 0 Å². The predicted octanol–water partition coefficient (Wildman–Crippen LogP) is 2.87. The molecule has 0 aromatic heterocycles. The van der Waals surface area contributed by atoms with Crippen molar-refractivity contribution in [2.45, 2.75) is 27.1 Å². The summed E-state index contributed by atoms with van der Waals surface area (Å²) < 4.78 is 15.7. The minimum atomic E-state index is -0.356. The Labute approximate surface area is 108 Å². The molecular weight excluding hydrogens is 232 g/mol. The van der Waals surface area contributed by atoms with E-state index in [0.717, 1.165) is 0 Å². The highest BCUT2D eigenvalue weighted by Crippen LogP contribution is 2.15. The van der Waals surface area contributed by atoms with Crippen LogP contribution < -0.4 is 4.74 Å². The van der Waals surface area contributed by atoms with Crippen LogP contribution in [0.25, 0.3) is 0 Å². The molecule has 18 heavy (non-hydrogen) atoms. The molecule has 1 aromatic rings. The molecule has 0 aliphatic rings. The van der Waals surface area contributed by atoms with Crippen molar-refractivity contribution < 1.29 is 19.0 Å². The van der Waals surface area contributed by atoms with Gasteiger partial charge in [-0.1, -0.05) is 13.8 Å². The van der Waals surface area contributed by atoms with E-state index in [2.05, 4.69) is 18.6 Å². The lowest BCUT2D eigenvalue weighted by Crippen LogP contribution is -2.19. The number of hydrogen-bond donors (Lipinski definition) is 0. The van der Waals surface area contributed by atoms with Gasteiger partial charge in [0.05, 0.1) is 19.3 Å². The van der Waals surface area contributed by atoms with E-state index in [1.165, 1.54) is 7.11 Å². The third-order valence-corrected chi connectivity index (χ3v) is 2.24. The van der Waals surface area contributed by atoms with Crippen LogP contribution in [-0.2, 0) is 9.47 Å². The quantitative estimate of drug-likeness (QED) is 0.577. The molecule has 4 heteroatoms. The van der Waals surface area contributed by atoms with Gasteiger partial charge in [-0.15, -0.1) is 0 Å². The molecular formula is C14H20O4. The standard InChI is InChI=1S/C14H20O4/c1-10(2)9-17-11(3)18-13-7-5-12(6-8-13)14(15)16-4/h5-8,10-11H,9H2,1-4H3. The molecule has 0 heterocycles. The Morgan fingerprint density at radius 3 is 2.28 bits per heavy atom. The van der Waals surface area contributed by atoms with Crippen LogP contribution in [-0.4, -0.2) is 26.0 Å². The van der Waals surface area contributed by atoms with Crippen molar-refractivity contribution >= 4 is 5.97 Å². The zero-order valence-corrected chi connectivity index (χ0v) is 11.3. The molecule has 1 atom stereocenters. The summed E-state index contributed by atoms with van der Waals surface area (Å²) in [5, 5.41) is 0. The number of carbonyl (C=O) groups excluding carboxylic acids is 1. The summed E-state index contributed by atoms with van der Waals surface area (Å²) in [4.78, 5) is 11.2. The minimum Gasteiger partial charge on any atom is -0.465 e. The SMILES string of the molecule is COC(=O)c1ccc(OC(C)OCC(C)C)cc1. The van der Waals surface area contributed by atoms with Crippen molar-refractivity contribution in [3.05, 3.63) is 29.8 Å². The van der Waals surface area contributed by atoms with Gasteiger partial charge in [0.2, 0.25) is 0 Å². The molecule has 1 aromatic carbocycles. The Hall–Kier alpha value is -1.55. The molecule has 0 aliphatic heterocycles. The van der Waals surface area contributed by atoms with E-state index >= 15 is 0 Å². The minimum absolute atomic E-state index is 0.309. The van der Waals surface area contributed by atoms with Crippen molar-refractivity contribution in [3.8, 4) is 5.75 Å². The molecule has 0 saturated carbocycles. The summed E-state index contributed by atoms with van der Waals surface area (Å²) in [5.41, 5.74) is 0.501. The Morgan fingerprint density at radius 1 is 1.17 bits per heavy atom. The van der Waals surface area contributed by atoms with Gasteiger partial charge in [-0.05, 0) is 37.1 Å². The number of benzene rings is 1. The van der Waals surface area contributed by atoms with Crippen LogP contribution in [0, 0.1) is 5.92 Å². The first-order chi connectivity index (χ1) is 8.52. The molecule has 1 rings (SSSR count). The van der Waals surface area contributed by atoms with Crippen LogP contribution in [0.15, 0.2) is 24.3 Å². The van der Waals surface area contributed by atoms with E-state index in [-0.39, 0.29) is 12.3 Å². The highest BCUT2D eigenvalue weighted by molar-refractivity contribution is 5.89. The van der Waals surface area contributed by atoms with Gasteiger partial charge in [0.1, 0.15) is 5.75 Å². The van der Waals surface area contributed by atoms with Crippen LogP contribution in [0.4, 0.5) is 0 Å². The number of methoxy groups -OCH3 is 1. The first-order valence-corrected chi connectivity index (χ1v) is 5.99. The van der Waals surface area contributed by atoms with Gasteiger partial charge in [-0.2, -0.15) is 0 Å². The second-order valence-electron chi connectivity index (χ2n) is 4.43. The van der Waals surface area contributed by atoms with E-state index in [4.69, 9.17) is 9.47 Å². The summed E-state index contributed by atoms with van der Waals surface area (Å²) in [6.45, 7) is 6.66. The number of ether oxygens (including phenoxy) is 3. The predicted molar refractivity (Wildman–Crippen MR) is 68.7 cm³/mol. The fraction of sp³-hybridized carbons (Fsp3) is 0.500. The van der Waals surface area contributed by atoms with Gasteiger partial charge in [-0.3, -0.25) is 0 Å². The number of carbonyl (C=O) groups is 1. The van der Waals surface area contributed by atoms with Crippen LogP contribution in [0.3, 0.4) is 0 Å². The third-order valence-electron chi connectivity index (χ3n) is 2.24. The normalized spacial score (nSPS) is 12.3. The Balaban J connectivity index is 2.50. The monoisotopic (exact) mass is 252 g/mol. The summed E-state index contributed by atoms with van der Waals surface area (Å²) in [6, 6.07) is 6.77. The molecule has 1 unspecified atom stereocenters. The van der Waals surface area contributed by atoms with Crippen LogP contribution in [0.1, 0.15) is 31.1 Å². The summed E-state index contributed by atoms with van der Waals surface area (Å²) in [5.74, 6) is 0.780. The van der Waals surface area contributed by atoms with Crippen molar-refractivity contribution in [3.63, 3.8) is 0 Å². The van der Waals surface area contributed by atoms with Crippen LogP contribution in [0.2, 0.25) is 0 Å². The Morgan fingerprint density at radius 2 is 1.78 bits per heavy atom. The largest absolute Gasteiger partial charge is 0.465 e. The van der Waals surface area contributed by atoms with E-state index < -0.39 is 0 Å². The summed E-state index contributed by atoms with van der Waals surface area (Å²) in [7, 11) is 1.36. The Bertz CT molecular complexity index is 370. The zero-order valence-electron chi connectivity index (χ0n) is 11.3. The van der Waals surface area contributed by atoms with Gasteiger partial charge >= 0.3 is 5.97 Å². The average molecular weight is 252 g/mol. The van der Waals surface area contributed by atoms with E-state index in [9.17, 15) is 4.79 Å². The lowest BCUT2D eigenvalue weighted by Gasteiger charge is -2.16. The molecule has 0 aliphatic carbocycles. The topological polar surface area (TPSA) is 44.8 Å². The highest BCUT2D eigenvalue weighted by Gasteiger charge is 2.08. The molecule has 4 nitrogen and oxygen atoms in total. The first-order valence-electron chi connectivity index (χ1n) is 5.99.